The van der Waals surface area contributed by atoms with Gasteiger partial charge >= 0.3 is 0 Å². The first-order chi connectivity index (χ1) is 11.4. The first-order valence-electron chi connectivity index (χ1n) is 9.15. The van der Waals surface area contributed by atoms with Crippen molar-refractivity contribution in [3.05, 3.63) is 22.4 Å². The van der Waals surface area contributed by atoms with E-state index >= 15 is 0 Å². The van der Waals surface area contributed by atoms with Crippen molar-refractivity contribution in [1.29, 1.82) is 0 Å². The highest BCUT2D eigenvalue weighted by molar-refractivity contribution is 7.09. The Morgan fingerprint density at radius 2 is 2.04 bits per heavy atom. The Hall–Kier alpha value is -1.07. The molecule has 2 rings (SSSR count). The quantitative estimate of drug-likeness (QED) is 0.412. The van der Waals surface area contributed by atoms with Gasteiger partial charge in [-0.1, -0.05) is 18.9 Å². The minimum atomic E-state index is 0.766. The molecule has 1 aliphatic rings. The summed E-state index contributed by atoms with van der Waals surface area (Å²) in [6, 6.07) is 4.22. The Morgan fingerprint density at radius 1 is 1.17 bits per heavy atom. The molecule has 1 saturated heterocycles. The Labute approximate surface area is 145 Å². The number of rotatable bonds is 9. The van der Waals surface area contributed by atoms with Gasteiger partial charge in [0.05, 0.1) is 6.54 Å². The van der Waals surface area contributed by atoms with E-state index in [9.17, 15) is 0 Å². The predicted octanol–water partition coefficient (Wildman–Crippen LogP) is 3.46. The molecule has 130 valence electrons. The van der Waals surface area contributed by atoms with Crippen LogP contribution in [-0.4, -0.2) is 43.6 Å². The maximum absolute atomic E-state index is 4.64. The average molecular weight is 337 g/mol. The van der Waals surface area contributed by atoms with Gasteiger partial charge in [-0.15, -0.1) is 11.3 Å². The van der Waals surface area contributed by atoms with Crippen LogP contribution in [-0.2, 0) is 6.54 Å². The number of aliphatic imine (C=N–C) groups is 1. The normalized spacial score (nSPS) is 16.5. The molecule has 1 aliphatic heterocycles. The van der Waals surface area contributed by atoms with Crippen molar-refractivity contribution >= 4 is 17.3 Å². The number of thiophene rings is 1. The highest BCUT2D eigenvalue weighted by Crippen LogP contribution is 2.10. The third-order valence-corrected chi connectivity index (χ3v) is 5.07. The molecule has 0 unspecified atom stereocenters. The Bertz CT molecular complexity index is 424. The van der Waals surface area contributed by atoms with Gasteiger partial charge in [0.2, 0.25) is 0 Å². The molecule has 0 saturated carbocycles. The molecule has 1 fully saturated rings. The largest absolute Gasteiger partial charge is 0.357 e. The molecule has 0 atom stereocenters. The smallest absolute Gasteiger partial charge is 0.191 e. The molecular formula is C18H32N4S. The van der Waals surface area contributed by atoms with Crippen molar-refractivity contribution in [3.8, 4) is 0 Å². The fraction of sp³-hybridized carbons (Fsp3) is 0.722. The minimum absolute atomic E-state index is 0.766. The summed E-state index contributed by atoms with van der Waals surface area (Å²) >= 11 is 1.76. The number of nitrogens with zero attached hydrogens (tertiary/aromatic N) is 2. The summed E-state index contributed by atoms with van der Waals surface area (Å²) < 4.78 is 0. The van der Waals surface area contributed by atoms with Gasteiger partial charge in [-0.2, -0.15) is 0 Å². The Balaban J connectivity index is 1.55. The van der Waals surface area contributed by atoms with Gasteiger partial charge in [-0.25, -0.2) is 4.99 Å². The predicted molar refractivity (Wildman–Crippen MR) is 101 cm³/mol. The second-order valence-corrected chi connectivity index (χ2v) is 7.20. The van der Waals surface area contributed by atoms with Gasteiger partial charge < -0.3 is 15.5 Å². The van der Waals surface area contributed by atoms with Crippen LogP contribution in [0.3, 0.4) is 0 Å². The highest BCUT2D eigenvalue weighted by atomic mass is 32.1. The van der Waals surface area contributed by atoms with Gasteiger partial charge in [0, 0.05) is 18.0 Å². The van der Waals surface area contributed by atoms with Crippen LogP contribution in [0, 0.1) is 0 Å². The van der Waals surface area contributed by atoms with E-state index in [1.165, 1.54) is 63.0 Å². The lowest BCUT2D eigenvalue weighted by Gasteiger charge is -2.26. The summed E-state index contributed by atoms with van der Waals surface area (Å²) in [5.41, 5.74) is 0. The second-order valence-electron chi connectivity index (χ2n) is 6.16. The van der Waals surface area contributed by atoms with Crippen LogP contribution in [0.4, 0.5) is 0 Å². The first-order valence-corrected chi connectivity index (χ1v) is 10.0. The average Bonchev–Trinajstić information content (AvgIpc) is 3.10. The number of likely N-dealkylation sites (tertiary alicyclic amines) is 1. The standard InChI is InChI=1S/C18H32N4S/c1-2-19-18(21-16-17-10-9-15-23-17)20-11-5-3-6-12-22-13-7-4-8-14-22/h9-10,15H,2-8,11-14,16H2,1H3,(H2,19,20,21). The van der Waals surface area contributed by atoms with Crippen LogP contribution < -0.4 is 10.6 Å². The molecular weight excluding hydrogens is 304 g/mol. The number of nitrogens with one attached hydrogen (secondary N) is 2. The van der Waals surface area contributed by atoms with Crippen molar-refractivity contribution < 1.29 is 0 Å². The fourth-order valence-electron chi connectivity index (χ4n) is 2.93. The summed E-state index contributed by atoms with van der Waals surface area (Å²) in [7, 11) is 0. The molecule has 23 heavy (non-hydrogen) atoms. The Kier molecular flexibility index (Phi) is 9.11. The summed E-state index contributed by atoms with van der Waals surface area (Å²) in [5.74, 6) is 0.942. The lowest BCUT2D eigenvalue weighted by atomic mass is 10.1. The Morgan fingerprint density at radius 3 is 2.78 bits per heavy atom. The van der Waals surface area contributed by atoms with Gasteiger partial charge in [0.25, 0.3) is 0 Å². The zero-order chi connectivity index (χ0) is 16.2. The van der Waals surface area contributed by atoms with Crippen molar-refractivity contribution in [2.75, 3.05) is 32.7 Å². The van der Waals surface area contributed by atoms with Crippen LogP contribution in [0.25, 0.3) is 0 Å². The van der Waals surface area contributed by atoms with Crippen LogP contribution >= 0.6 is 11.3 Å². The summed E-state index contributed by atoms with van der Waals surface area (Å²) in [5, 5.41) is 8.88. The van der Waals surface area contributed by atoms with E-state index in [2.05, 4.69) is 45.0 Å². The van der Waals surface area contributed by atoms with E-state index in [-0.39, 0.29) is 0 Å². The van der Waals surface area contributed by atoms with Crippen LogP contribution in [0.15, 0.2) is 22.5 Å². The van der Waals surface area contributed by atoms with E-state index in [0.717, 1.165) is 25.6 Å². The maximum atomic E-state index is 4.64. The van der Waals surface area contributed by atoms with Crippen molar-refractivity contribution in [2.45, 2.75) is 52.0 Å². The zero-order valence-electron chi connectivity index (χ0n) is 14.5. The summed E-state index contributed by atoms with van der Waals surface area (Å²) in [4.78, 5) is 8.58. The second kappa shape index (κ2) is 11.5. The van der Waals surface area contributed by atoms with Crippen LogP contribution in [0.2, 0.25) is 0 Å². The molecule has 0 spiro atoms. The van der Waals surface area contributed by atoms with Gasteiger partial charge in [0.15, 0.2) is 5.96 Å². The number of hydrogen-bond donors (Lipinski definition) is 2. The van der Waals surface area contributed by atoms with Gasteiger partial charge in [-0.05, 0) is 63.7 Å². The van der Waals surface area contributed by atoms with E-state index in [0.29, 0.717) is 0 Å². The topological polar surface area (TPSA) is 39.7 Å². The number of piperidine rings is 1. The molecule has 5 heteroatoms. The lowest BCUT2D eigenvalue weighted by Crippen LogP contribution is -2.37. The van der Waals surface area contributed by atoms with E-state index < -0.39 is 0 Å². The summed E-state index contributed by atoms with van der Waals surface area (Å²) in [6.07, 6.45) is 8.07. The third kappa shape index (κ3) is 7.84. The minimum Gasteiger partial charge on any atom is -0.357 e. The van der Waals surface area contributed by atoms with E-state index in [1.807, 2.05) is 0 Å². The molecule has 2 heterocycles. The monoisotopic (exact) mass is 336 g/mol. The van der Waals surface area contributed by atoms with Crippen LogP contribution in [0.5, 0.6) is 0 Å². The lowest BCUT2D eigenvalue weighted by molar-refractivity contribution is 0.224. The van der Waals surface area contributed by atoms with Gasteiger partial charge in [-0.3, -0.25) is 0 Å². The first kappa shape index (κ1) is 18.3. The maximum Gasteiger partial charge on any atom is 0.191 e. The van der Waals surface area contributed by atoms with Crippen LogP contribution in [0.1, 0.15) is 50.3 Å². The summed E-state index contributed by atoms with van der Waals surface area (Å²) in [6.45, 7) is 8.72. The van der Waals surface area contributed by atoms with Crippen molar-refractivity contribution in [1.82, 2.24) is 15.5 Å². The number of guanidine groups is 1. The molecule has 1 aromatic rings. The van der Waals surface area contributed by atoms with Gasteiger partial charge in [0.1, 0.15) is 0 Å². The highest BCUT2D eigenvalue weighted by Gasteiger charge is 2.08. The molecule has 0 amide bonds. The molecule has 0 aliphatic carbocycles. The SMILES string of the molecule is CCNC(=NCc1cccs1)NCCCCCN1CCCCC1. The number of unbranched alkanes of at least 4 members (excludes halogenated alkanes) is 2. The van der Waals surface area contributed by atoms with E-state index in [1.54, 1.807) is 11.3 Å². The molecule has 0 aromatic carbocycles. The third-order valence-electron chi connectivity index (χ3n) is 4.21. The molecule has 4 nitrogen and oxygen atoms in total. The molecule has 0 radical (unpaired) electrons. The van der Waals surface area contributed by atoms with Crippen molar-refractivity contribution in [2.24, 2.45) is 4.99 Å². The molecule has 2 N–H and O–H groups in total. The van der Waals surface area contributed by atoms with Crippen molar-refractivity contribution in [3.63, 3.8) is 0 Å². The fourth-order valence-corrected chi connectivity index (χ4v) is 3.56. The van der Waals surface area contributed by atoms with E-state index in [4.69, 9.17) is 0 Å². The molecule has 1 aromatic heterocycles. The number of hydrogen-bond acceptors (Lipinski definition) is 3. The zero-order valence-corrected chi connectivity index (χ0v) is 15.3. The molecule has 0 bridgehead atoms.